The molecule has 0 atom stereocenters. The van der Waals surface area contributed by atoms with Crippen LogP contribution >= 0.6 is 0 Å². The zero-order valence-electron chi connectivity index (χ0n) is 31.1. The minimum atomic E-state index is 0.965. The average Bonchev–Trinajstić information content (AvgIpc) is 3.23. The number of hydrogen-bond acceptors (Lipinski definition) is 2. The first-order valence-electron chi connectivity index (χ1n) is 18.7. The summed E-state index contributed by atoms with van der Waals surface area (Å²) in [6.07, 6.45) is 4.11. The fourth-order valence-corrected chi connectivity index (χ4v) is 8.32. The van der Waals surface area contributed by atoms with Crippen LogP contribution in [-0.4, -0.2) is 9.97 Å². The van der Waals surface area contributed by atoms with Crippen LogP contribution in [0.3, 0.4) is 0 Å². The molecule has 54 heavy (non-hydrogen) atoms. The Hall–Kier alpha value is -6.64. The number of benzene rings is 7. The van der Waals surface area contributed by atoms with E-state index in [1.165, 1.54) is 77.5 Å². The Labute approximate surface area is 317 Å². The third-order valence-electron chi connectivity index (χ3n) is 11.3. The Kier molecular flexibility index (Phi) is 8.44. The predicted molar refractivity (Wildman–Crippen MR) is 229 cm³/mol. The lowest BCUT2D eigenvalue weighted by Gasteiger charge is -2.24. The molecule has 2 aromatic heterocycles. The number of nitrogens with zero attached hydrogens (tertiary/aromatic N) is 2. The molecule has 0 unspecified atom stereocenters. The Bertz CT molecular complexity index is 2820. The molecule has 0 amide bonds. The van der Waals surface area contributed by atoms with E-state index in [1.54, 1.807) is 0 Å². The summed E-state index contributed by atoms with van der Waals surface area (Å²) >= 11 is 0. The van der Waals surface area contributed by atoms with Gasteiger partial charge in [0.2, 0.25) is 0 Å². The van der Waals surface area contributed by atoms with Crippen LogP contribution in [0.4, 0.5) is 0 Å². The van der Waals surface area contributed by atoms with E-state index in [9.17, 15) is 0 Å². The van der Waals surface area contributed by atoms with Gasteiger partial charge in [-0.25, -0.2) is 0 Å². The van der Waals surface area contributed by atoms with Crippen LogP contribution in [0.2, 0.25) is 0 Å². The van der Waals surface area contributed by atoms with Crippen molar-refractivity contribution in [2.45, 2.75) is 27.7 Å². The molecule has 2 heterocycles. The quantitative estimate of drug-likeness (QED) is 0.162. The van der Waals surface area contributed by atoms with E-state index in [-0.39, 0.29) is 0 Å². The zero-order chi connectivity index (χ0) is 36.8. The van der Waals surface area contributed by atoms with Crippen LogP contribution in [0.1, 0.15) is 22.3 Å². The Balaban J connectivity index is 1.20. The van der Waals surface area contributed by atoms with Crippen LogP contribution < -0.4 is 0 Å². The van der Waals surface area contributed by atoms with E-state index in [2.05, 4.69) is 186 Å². The number of pyridine rings is 2. The summed E-state index contributed by atoms with van der Waals surface area (Å²) in [6, 6.07) is 56.2. The highest BCUT2D eigenvalue weighted by molar-refractivity contribution is 6.06. The molecule has 2 nitrogen and oxygen atoms in total. The van der Waals surface area contributed by atoms with Gasteiger partial charge in [0.1, 0.15) is 0 Å². The van der Waals surface area contributed by atoms with E-state index in [0.717, 1.165) is 33.3 Å². The second kappa shape index (κ2) is 13.7. The zero-order valence-corrected chi connectivity index (χ0v) is 31.1. The molecule has 0 aliphatic carbocycles. The Morgan fingerprint density at radius 2 is 0.852 bits per heavy atom. The van der Waals surface area contributed by atoms with Gasteiger partial charge in [0.15, 0.2) is 0 Å². The molecule has 0 spiro atoms. The molecule has 2 heteroatoms. The highest BCUT2D eigenvalue weighted by Gasteiger charge is 2.23. The first-order chi connectivity index (χ1) is 26.5. The van der Waals surface area contributed by atoms with E-state index in [1.807, 2.05) is 12.3 Å². The van der Waals surface area contributed by atoms with E-state index >= 15 is 0 Å². The third-order valence-corrected chi connectivity index (χ3v) is 11.3. The van der Waals surface area contributed by atoms with E-state index in [0.29, 0.717) is 0 Å². The molecular formula is C52H40N2. The summed E-state index contributed by atoms with van der Waals surface area (Å²) in [5, 5.41) is 3.54. The summed E-state index contributed by atoms with van der Waals surface area (Å²) in [5.74, 6) is 0. The number of aromatic nitrogens is 2. The van der Waals surface area contributed by atoms with Gasteiger partial charge < -0.3 is 0 Å². The molecule has 0 aliphatic rings. The summed E-state index contributed by atoms with van der Waals surface area (Å²) in [7, 11) is 0. The molecule has 0 bridgehead atoms. The van der Waals surface area contributed by atoms with Gasteiger partial charge in [0.25, 0.3) is 0 Å². The van der Waals surface area contributed by atoms with Crippen molar-refractivity contribution in [1.82, 2.24) is 9.97 Å². The Morgan fingerprint density at radius 1 is 0.333 bits per heavy atom. The first-order valence-corrected chi connectivity index (χ1v) is 18.7. The molecule has 9 rings (SSSR count). The van der Waals surface area contributed by atoms with Crippen LogP contribution in [0, 0.1) is 27.7 Å². The molecule has 0 saturated heterocycles. The number of rotatable bonds is 6. The Morgan fingerprint density at radius 3 is 1.52 bits per heavy atom. The molecular weight excluding hydrogens is 653 g/mol. The smallest absolute Gasteiger partial charge is 0.0780 e. The normalized spacial score (nSPS) is 11.3. The molecule has 9 aromatic rings. The van der Waals surface area contributed by atoms with Gasteiger partial charge >= 0.3 is 0 Å². The van der Waals surface area contributed by atoms with Crippen molar-refractivity contribution in [3.8, 4) is 66.9 Å². The molecule has 0 saturated carbocycles. The van der Waals surface area contributed by atoms with Crippen LogP contribution in [0.25, 0.3) is 88.6 Å². The largest absolute Gasteiger partial charge is 0.256 e. The molecule has 0 aliphatic heterocycles. The lowest BCUT2D eigenvalue weighted by Crippen LogP contribution is -2.02. The fraction of sp³-hybridized carbons (Fsp3) is 0.0769. The van der Waals surface area contributed by atoms with Gasteiger partial charge in [0, 0.05) is 39.9 Å². The second-order valence-corrected chi connectivity index (χ2v) is 14.3. The van der Waals surface area contributed by atoms with Gasteiger partial charge in [-0.1, -0.05) is 146 Å². The average molecular weight is 693 g/mol. The molecule has 0 radical (unpaired) electrons. The number of hydrogen-bond donors (Lipinski definition) is 0. The summed E-state index contributed by atoms with van der Waals surface area (Å²) in [4.78, 5) is 10.1. The minimum absolute atomic E-state index is 0.965. The van der Waals surface area contributed by atoms with Crippen LogP contribution in [-0.2, 0) is 0 Å². The van der Waals surface area contributed by atoms with Gasteiger partial charge in [-0.15, -0.1) is 0 Å². The number of fused-ring (bicyclic) bond motifs is 3. The topological polar surface area (TPSA) is 25.8 Å². The van der Waals surface area contributed by atoms with Crippen molar-refractivity contribution in [2.24, 2.45) is 0 Å². The lowest BCUT2D eigenvalue weighted by atomic mass is 9.80. The third kappa shape index (κ3) is 5.68. The first kappa shape index (κ1) is 33.2. The molecule has 0 N–H and O–H groups in total. The van der Waals surface area contributed by atoms with Crippen molar-refractivity contribution >= 4 is 21.7 Å². The van der Waals surface area contributed by atoms with Gasteiger partial charge in [-0.3, -0.25) is 9.97 Å². The van der Waals surface area contributed by atoms with Crippen molar-refractivity contribution in [1.29, 1.82) is 0 Å². The monoisotopic (exact) mass is 692 g/mol. The van der Waals surface area contributed by atoms with Crippen molar-refractivity contribution in [3.05, 3.63) is 192 Å². The SMILES string of the molecule is Cc1c(C)c(-c2ccccc2-c2cnc(-c3ccccc3)cc2-c2ccccc2)c(C)c(C)c1-c1ccccc1-c1cnc2c(ccc3ccccc32)c1. The van der Waals surface area contributed by atoms with Crippen LogP contribution in [0.5, 0.6) is 0 Å². The second-order valence-electron chi connectivity index (χ2n) is 14.3. The fourth-order valence-electron chi connectivity index (χ4n) is 8.32. The van der Waals surface area contributed by atoms with E-state index < -0.39 is 0 Å². The van der Waals surface area contributed by atoms with Gasteiger partial charge in [0.05, 0.1) is 11.2 Å². The molecule has 7 aromatic carbocycles. The van der Waals surface area contributed by atoms with Gasteiger partial charge in [-0.2, -0.15) is 0 Å². The van der Waals surface area contributed by atoms with Crippen molar-refractivity contribution < 1.29 is 0 Å². The standard InChI is InChI=1S/C52H40N2/c1-33-35(3)51(46-26-16-14-24-44(46)48-32-53-49(39-20-9-6-10-21-39)30-47(48)37-17-7-5-8-18-37)36(4)34(2)50(33)45-25-15-13-22-42(45)41-29-40-28-27-38-19-11-12-23-43(38)52(40)54-31-41/h5-32H,1-4H3. The highest BCUT2D eigenvalue weighted by Crippen LogP contribution is 2.46. The summed E-state index contributed by atoms with van der Waals surface area (Å²) in [6.45, 7) is 9.15. The van der Waals surface area contributed by atoms with Gasteiger partial charge in [-0.05, 0) is 112 Å². The molecule has 258 valence electrons. The van der Waals surface area contributed by atoms with Crippen LogP contribution in [0.15, 0.2) is 170 Å². The minimum Gasteiger partial charge on any atom is -0.256 e. The maximum absolute atomic E-state index is 5.05. The van der Waals surface area contributed by atoms with E-state index in [4.69, 9.17) is 9.97 Å². The summed E-state index contributed by atoms with van der Waals surface area (Å²) < 4.78 is 0. The predicted octanol–water partition coefficient (Wildman–Crippen LogP) is 14.0. The maximum Gasteiger partial charge on any atom is 0.0780 e. The van der Waals surface area contributed by atoms with Crippen molar-refractivity contribution in [2.75, 3.05) is 0 Å². The summed E-state index contributed by atoms with van der Waals surface area (Å²) in [5.41, 5.74) is 20.2. The molecule has 0 fully saturated rings. The highest BCUT2D eigenvalue weighted by atomic mass is 14.7. The lowest BCUT2D eigenvalue weighted by molar-refractivity contribution is 1.24. The maximum atomic E-state index is 5.05. The van der Waals surface area contributed by atoms with Crippen molar-refractivity contribution in [3.63, 3.8) is 0 Å².